The Hall–Kier alpha value is -1.74. The predicted octanol–water partition coefficient (Wildman–Crippen LogP) is 4.62. The molecule has 2 aromatic heterocycles. The number of rotatable bonds is 6. The molecule has 0 amide bonds. The lowest BCUT2D eigenvalue weighted by Crippen LogP contribution is -2.26. The Morgan fingerprint density at radius 2 is 1.92 bits per heavy atom. The second kappa shape index (κ2) is 7.87. The Morgan fingerprint density at radius 1 is 1.19 bits per heavy atom. The van der Waals surface area contributed by atoms with E-state index < -0.39 is 10.0 Å². The van der Waals surface area contributed by atoms with Gasteiger partial charge in [-0.05, 0) is 46.1 Å². The minimum Gasteiger partial charge on any atom is -0.481 e. The predicted molar refractivity (Wildman–Crippen MR) is 107 cm³/mol. The van der Waals surface area contributed by atoms with Gasteiger partial charge in [-0.3, -0.25) is 0 Å². The molecule has 26 heavy (non-hydrogen) atoms. The SMILES string of the molecule is COc1ncccc1-c1ccc([C@@H](C)NS(=O)(=O)c2cscc2Br)cc1. The largest absolute Gasteiger partial charge is 0.481 e. The first kappa shape index (κ1) is 19.0. The zero-order valence-electron chi connectivity index (χ0n) is 14.1. The van der Waals surface area contributed by atoms with Gasteiger partial charge in [0.25, 0.3) is 0 Å². The van der Waals surface area contributed by atoms with Crippen LogP contribution in [0.15, 0.2) is 62.7 Å². The first-order valence-corrected chi connectivity index (χ1v) is 11.0. The molecule has 0 bridgehead atoms. The number of nitrogens with zero attached hydrogens (tertiary/aromatic N) is 1. The van der Waals surface area contributed by atoms with E-state index in [1.54, 1.807) is 24.1 Å². The fourth-order valence-corrected chi connectivity index (χ4v) is 6.14. The van der Waals surface area contributed by atoms with Crippen LogP contribution in [0.1, 0.15) is 18.5 Å². The van der Waals surface area contributed by atoms with Gasteiger partial charge in [0, 0.05) is 33.0 Å². The number of halogens is 1. The van der Waals surface area contributed by atoms with Gasteiger partial charge in [-0.1, -0.05) is 24.3 Å². The van der Waals surface area contributed by atoms with Crippen LogP contribution in [-0.4, -0.2) is 20.5 Å². The summed E-state index contributed by atoms with van der Waals surface area (Å²) in [5.74, 6) is 0.552. The first-order chi connectivity index (χ1) is 12.4. The number of thiophene rings is 1. The molecule has 2 heterocycles. The fraction of sp³-hybridized carbons (Fsp3) is 0.167. The summed E-state index contributed by atoms with van der Waals surface area (Å²) in [5, 5.41) is 3.35. The smallest absolute Gasteiger partial charge is 0.243 e. The molecular formula is C18H17BrN2O3S2. The van der Waals surface area contributed by atoms with Gasteiger partial charge in [-0.25, -0.2) is 18.1 Å². The molecule has 3 rings (SSSR count). The molecule has 0 radical (unpaired) electrons. The van der Waals surface area contributed by atoms with E-state index in [-0.39, 0.29) is 10.9 Å². The van der Waals surface area contributed by atoms with Crippen LogP contribution >= 0.6 is 27.3 Å². The third-order valence-corrected chi connectivity index (χ3v) is 7.58. The molecule has 1 N–H and O–H groups in total. The molecule has 0 saturated heterocycles. The van der Waals surface area contributed by atoms with Crippen molar-refractivity contribution < 1.29 is 13.2 Å². The van der Waals surface area contributed by atoms with Crippen molar-refractivity contribution in [3.63, 3.8) is 0 Å². The summed E-state index contributed by atoms with van der Waals surface area (Å²) >= 11 is 4.61. The molecule has 5 nitrogen and oxygen atoms in total. The van der Waals surface area contributed by atoms with Crippen molar-refractivity contribution in [3.8, 4) is 17.0 Å². The lowest BCUT2D eigenvalue weighted by Gasteiger charge is -2.15. The maximum Gasteiger partial charge on any atom is 0.243 e. The van der Waals surface area contributed by atoms with Crippen LogP contribution in [0.3, 0.4) is 0 Å². The van der Waals surface area contributed by atoms with E-state index in [1.807, 2.05) is 43.3 Å². The molecule has 0 fully saturated rings. The number of aromatic nitrogens is 1. The average molecular weight is 453 g/mol. The summed E-state index contributed by atoms with van der Waals surface area (Å²) in [5.41, 5.74) is 2.71. The van der Waals surface area contributed by atoms with E-state index in [0.29, 0.717) is 10.4 Å². The summed E-state index contributed by atoms with van der Waals surface area (Å²) in [4.78, 5) is 4.45. The summed E-state index contributed by atoms with van der Waals surface area (Å²) in [6.45, 7) is 1.82. The van der Waals surface area contributed by atoms with Crippen LogP contribution in [0.25, 0.3) is 11.1 Å². The Morgan fingerprint density at radius 3 is 2.54 bits per heavy atom. The molecule has 0 unspecified atom stereocenters. The van der Waals surface area contributed by atoms with Gasteiger partial charge in [-0.15, -0.1) is 11.3 Å². The number of sulfonamides is 1. The Labute approximate surface area is 165 Å². The molecule has 1 atom stereocenters. The molecule has 0 saturated carbocycles. The number of nitrogens with one attached hydrogen (secondary N) is 1. The van der Waals surface area contributed by atoms with Gasteiger partial charge in [0.1, 0.15) is 4.90 Å². The van der Waals surface area contributed by atoms with Crippen molar-refractivity contribution in [2.24, 2.45) is 0 Å². The standard InChI is InChI=1S/C18H17BrN2O3S2/c1-12(21-26(22,23)17-11-25-10-16(17)19)13-5-7-14(8-6-13)15-4-3-9-20-18(15)24-2/h3-12,21H,1-2H3/t12-/m1/s1. The zero-order chi connectivity index (χ0) is 18.7. The summed E-state index contributed by atoms with van der Waals surface area (Å²) in [7, 11) is -2.00. The Balaban J connectivity index is 1.81. The van der Waals surface area contributed by atoms with E-state index in [0.717, 1.165) is 16.7 Å². The van der Waals surface area contributed by atoms with Gasteiger partial charge < -0.3 is 4.74 Å². The normalized spacial score (nSPS) is 12.7. The van der Waals surface area contributed by atoms with E-state index in [2.05, 4.69) is 25.6 Å². The minimum absolute atomic E-state index is 0.256. The third kappa shape index (κ3) is 3.98. The second-order valence-electron chi connectivity index (χ2n) is 5.61. The van der Waals surface area contributed by atoms with Gasteiger partial charge in [-0.2, -0.15) is 0 Å². The number of ether oxygens (including phenoxy) is 1. The maximum atomic E-state index is 12.5. The van der Waals surface area contributed by atoms with Crippen molar-refractivity contribution in [3.05, 3.63) is 63.4 Å². The van der Waals surface area contributed by atoms with Crippen molar-refractivity contribution in [1.29, 1.82) is 0 Å². The number of pyridine rings is 1. The lowest BCUT2D eigenvalue weighted by molar-refractivity contribution is 0.399. The van der Waals surface area contributed by atoms with Crippen molar-refractivity contribution in [2.45, 2.75) is 17.9 Å². The molecule has 0 aliphatic carbocycles. The first-order valence-electron chi connectivity index (χ1n) is 7.75. The molecule has 136 valence electrons. The molecule has 3 aromatic rings. The highest BCUT2D eigenvalue weighted by Gasteiger charge is 2.21. The van der Waals surface area contributed by atoms with Gasteiger partial charge in [0.2, 0.25) is 15.9 Å². The van der Waals surface area contributed by atoms with Crippen molar-refractivity contribution >= 4 is 37.3 Å². The summed E-state index contributed by atoms with van der Waals surface area (Å²) in [6.07, 6.45) is 1.68. The molecule has 0 spiro atoms. The number of methoxy groups -OCH3 is 1. The van der Waals surface area contributed by atoms with E-state index in [9.17, 15) is 8.42 Å². The monoisotopic (exact) mass is 452 g/mol. The molecular weight excluding hydrogens is 436 g/mol. The van der Waals surface area contributed by atoms with Crippen LogP contribution in [0, 0.1) is 0 Å². The zero-order valence-corrected chi connectivity index (χ0v) is 17.4. The molecule has 8 heteroatoms. The van der Waals surface area contributed by atoms with Crippen LogP contribution in [0.5, 0.6) is 5.88 Å². The van der Waals surface area contributed by atoms with E-state index in [1.165, 1.54) is 11.3 Å². The highest BCUT2D eigenvalue weighted by Crippen LogP contribution is 2.30. The van der Waals surface area contributed by atoms with E-state index >= 15 is 0 Å². The number of hydrogen-bond donors (Lipinski definition) is 1. The highest BCUT2D eigenvalue weighted by molar-refractivity contribution is 9.10. The van der Waals surface area contributed by atoms with Gasteiger partial charge in [0.15, 0.2) is 0 Å². The molecule has 0 aliphatic rings. The Bertz CT molecular complexity index is 1000. The van der Waals surface area contributed by atoms with Crippen molar-refractivity contribution in [1.82, 2.24) is 9.71 Å². The lowest BCUT2D eigenvalue weighted by atomic mass is 10.0. The quantitative estimate of drug-likeness (QED) is 0.592. The number of hydrogen-bond acceptors (Lipinski definition) is 5. The summed E-state index contributed by atoms with van der Waals surface area (Å²) in [6, 6.07) is 11.1. The van der Waals surface area contributed by atoms with Gasteiger partial charge in [0.05, 0.1) is 7.11 Å². The minimum atomic E-state index is -3.58. The maximum absolute atomic E-state index is 12.5. The van der Waals surface area contributed by atoms with Crippen LogP contribution in [0.2, 0.25) is 0 Å². The topological polar surface area (TPSA) is 68.3 Å². The van der Waals surface area contributed by atoms with Crippen LogP contribution in [-0.2, 0) is 10.0 Å². The Kier molecular flexibility index (Phi) is 5.76. The van der Waals surface area contributed by atoms with Crippen LogP contribution < -0.4 is 9.46 Å². The summed E-state index contributed by atoms with van der Waals surface area (Å²) < 4.78 is 33.6. The average Bonchev–Trinajstić information content (AvgIpc) is 3.08. The molecule has 0 aliphatic heterocycles. The van der Waals surface area contributed by atoms with Crippen molar-refractivity contribution in [2.75, 3.05) is 7.11 Å². The fourth-order valence-electron chi connectivity index (χ4n) is 2.55. The molecule has 1 aromatic carbocycles. The third-order valence-electron chi connectivity index (χ3n) is 3.89. The number of benzene rings is 1. The highest BCUT2D eigenvalue weighted by atomic mass is 79.9. The second-order valence-corrected chi connectivity index (χ2v) is 8.89. The van der Waals surface area contributed by atoms with Crippen LogP contribution in [0.4, 0.5) is 0 Å². The van der Waals surface area contributed by atoms with Gasteiger partial charge >= 0.3 is 0 Å². The van der Waals surface area contributed by atoms with E-state index in [4.69, 9.17) is 4.74 Å².